The van der Waals surface area contributed by atoms with Crippen LogP contribution in [-0.2, 0) is 41.6 Å². The second-order valence-electron chi connectivity index (χ2n) is 15.0. The van der Waals surface area contributed by atoms with Gasteiger partial charge in [0.1, 0.15) is 23.0 Å². The fourth-order valence-electron chi connectivity index (χ4n) is 5.32. The smallest absolute Gasteiger partial charge is 0.410 e. The van der Waals surface area contributed by atoms with Crippen LogP contribution in [-0.4, -0.2) is 78.4 Å². The number of rotatable bonds is 15. The Morgan fingerprint density at radius 2 is 1.64 bits per heavy atom. The van der Waals surface area contributed by atoms with Gasteiger partial charge in [-0.1, -0.05) is 43.3 Å². The maximum absolute atomic E-state index is 13.5. The molecule has 0 saturated carbocycles. The fourth-order valence-corrected chi connectivity index (χ4v) is 5.32. The van der Waals surface area contributed by atoms with Crippen molar-refractivity contribution in [3.63, 3.8) is 0 Å². The molecule has 3 atom stereocenters. The van der Waals surface area contributed by atoms with Gasteiger partial charge < -0.3 is 34.5 Å². The number of carbonyl (C=O) groups is 4. The number of carbonyl (C=O) groups excluding carboxylic acids is 4. The number of ether oxygens (including phenoxy) is 4. The SMILES string of the molecule is Cc1ccc(OCCC2CN(C(=O)OC(C)(C)C)CCO2)cc1CNC(=O)C(CCc1ccccc1)NC(=O)C(C)CCC(=O)OC(C)(C)C. The van der Waals surface area contributed by atoms with Crippen LogP contribution in [0.2, 0.25) is 0 Å². The lowest BCUT2D eigenvalue weighted by Crippen LogP contribution is -2.48. The van der Waals surface area contributed by atoms with Crippen LogP contribution >= 0.6 is 0 Å². The van der Waals surface area contributed by atoms with E-state index in [0.29, 0.717) is 57.7 Å². The molecule has 3 amide bonds. The summed E-state index contributed by atoms with van der Waals surface area (Å²) < 4.78 is 22.8. The summed E-state index contributed by atoms with van der Waals surface area (Å²) >= 11 is 0. The van der Waals surface area contributed by atoms with Crippen molar-refractivity contribution in [3.8, 4) is 5.75 Å². The second kappa shape index (κ2) is 18.8. The third-order valence-corrected chi connectivity index (χ3v) is 8.12. The highest BCUT2D eigenvalue weighted by molar-refractivity contribution is 5.88. The van der Waals surface area contributed by atoms with Gasteiger partial charge in [0.2, 0.25) is 11.8 Å². The molecule has 1 fully saturated rings. The minimum absolute atomic E-state index is 0.114. The zero-order chi connectivity index (χ0) is 36.9. The Hall–Kier alpha value is -4.12. The number of nitrogens with zero attached hydrogens (tertiary/aromatic N) is 1. The Morgan fingerprint density at radius 1 is 0.940 bits per heavy atom. The number of nitrogens with one attached hydrogen (secondary N) is 2. The minimum atomic E-state index is -0.762. The molecule has 3 rings (SSSR count). The summed E-state index contributed by atoms with van der Waals surface area (Å²) in [6.45, 7) is 16.7. The number of hydrogen-bond donors (Lipinski definition) is 2. The molecule has 1 saturated heterocycles. The molecule has 0 radical (unpaired) electrons. The van der Waals surface area contributed by atoms with E-state index in [1.807, 2.05) is 76.2 Å². The van der Waals surface area contributed by atoms with E-state index in [-0.39, 0.29) is 42.9 Å². The number of aryl methyl sites for hydroxylation is 2. The molecule has 2 N–H and O–H groups in total. The summed E-state index contributed by atoms with van der Waals surface area (Å²) in [6, 6.07) is 14.8. The molecular weight excluding hydrogens is 638 g/mol. The van der Waals surface area contributed by atoms with Gasteiger partial charge in [-0.2, -0.15) is 0 Å². The molecule has 1 aliphatic heterocycles. The maximum Gasteiger partial charge on any atom is 0.410 e. The Morgan fingerprint density at radius 3 is 2.32 bits per heavy atom. The number of morpholine rings is 1. The molecule has 1 heterocycles. The Balaban J connectivity index is 1.56. The van der Waals surface area contributed by atoms with Gasteiger partial charge in [0.25, 0.3) is 0 Å². The molecule has 0 aliphatic carbocycles. The van der Waals surface area contributed by atoms with Crippen LogP contribution in [0.4, 0.5) is 4.79 Å². The van der Waals surface area contributed by atoms with Crippen LogP contribution in [0.1, 0.15) is 90.8 Å². The number of hydrogen-bond acceptors (Lipinski definition) is 8. The van der Waals surface area contributed by atoms with Crippen molar-refractivity contribution in [1.29, 1.82) is 0 Å². The molecule has 11 heteroatoms. The molecule has 50 heavy (non-hydrogen) atoms. The standard InChI is InChI=1S/C39H57N3O8/c1-27-14-17-31(47-22-20-32-26-42(21-23-48-32)37(46)50-39(6,7)8)24-30(27)25-40-36(45)33(18-16-29-12-10-9-11-13-29)41-35(44)28(2)15-19-34(43)49-38(3,4)5/h9-14,17,24,28,32-33H,15-16,18-23,25-26H2,1-8H3,(H,40,45)(H,41,44). The maximum atomic E-state index is 13.5. The lowest BCUT2D eigenvalue weighted by atomic mass is 10.0. The van der Waals surface area contributed by atoms with Crippen molar-refractivity contribution < 1.29 is 38.1 Å². The lowest BCUT2D eigenvalue weighted by molar-refractivity contribution is -0.155. The van der Waals surface area contributed by atoms with Gasteiger partial charge in [-0.3, -0.25) is 14.4 Å². The van der Waals surface area contributed by atoms with Crippen LogP contribution in [0, 0.1) is 12.8 Å². The highest BCUT2D eigenvalue weighted by Crippen LogP contribution is 2.20. The van der Waals surface area contributed by atoms with Crippen molar-refractivity contribution in [3.05, 3.63) is 65.2 Å². The first kappa shape index (κ1) is 40.3. The van der Waals surface area contributed by atoms with Crippen molar-refractivity contribution in [2.45, 2.75) is 117 Å². The first-order valence-corrected chi connectivity index (χ1v) is 17.6. The van der Waals surface area contributed by atoms with Crippen molar-refractivity contribution in [2.75, 3.05) is 26.3 Å². The molecule has 1 aliphatic rings. The molecule has 11 nitrogen and oxygen atoms in total. The average molecular weight is 696 g/mol. The first-order chi connectivity index (χ1) is 23.5. The van der Waals surface area contributed by atoms with Crippen LogP contribution in [0.25, 0.3) is 0 Å². The third kappa shape index (κ3) is 14.8. The molecule has 3 unspecified atom stereocenters. The van der Waals surface area contributed by atoms with E-state index >= 15 is 0 Å². The highest BCUT2D eigenvalue weighted by Gasteiger charge is 2.28. The van der Waals surface area contributed by atoms with Crippen molar-refractivity contribution in [1.82, 2.24) is 15.5 Å². The third-order valence-electron chi connectivity index (χ3n) is 8.12. The summed E-state index contributed by atoms with van der Waals surface area (Å²) in [6.07, 6.45) is 1.54. The van der Waals surface area contributed by atoms with Crippen molar-refractivity contribution >= 4 is 23.9 Å². The number of benzene rings is 2. The predicted octanol–water partition coefficient (Wildman–Crippen LogP) is 5.89. The van der Waals surface area contributed by atoms with Gasteiger partial charge in [-0.15, -0.1) is 0 Å². The zero-order valence-electron chi connectivity index (χ0n) is 31.1. The molecule has 276 valence electrons. The summed E-state index contributed by atoms with van der Waals surface area (Å²) in [5.74, 6) is -0.755. The van der Waals surface area contributed by atoms with Gasteiger partial charge in [-0.05, 0) is 96.6 Å². The van der Waals surface area contributed by atoms with E-state index in [1.54, 1.807) is 32.6 Å². The average Bonchev–Trinajstić information content (AvgIpc) is 3.04. The topological polar surface area (TPSA) is 132 Å². The summed E-state index contributed by atoms with van der Waals surface area (Å²) in [4.78, 5) is 53.1. The largest absolute Gasteiger partial charge is 0.493 e. The summed E-state index contributed by atoms with van der Waals surface area (Å²) in [7, 11) is 0. The molecule has 0 bridgehead atoms. The first-order valence-electron chi connectivity index (χ1n) is 17.6. The van der Waals surface area contributed by atoms with Gasteiger partial charge in [0, 0.05) is 31.8 Å². The zero-order valence-corrected chi connectivity index (χ0v) is 31.1. The Bertz CT molecular complexity index is 1420. The monoisotopic (exact) mass is 695 g/mol. The number of esters is 1. The normalized spacial score (nSPS) is 16.2. The molecule has 0 aromatic heterocycles. The lowest BCUT2D eigenvalue weighted by Gasteiger charge is -2.34. The quantitative estimate of drug-likeness (QED) is 0.221. The van der Waals surface area contributed by atoms with E-state index in [9.17, 15) is 19.2 Å². The second-order valence-corrected chi connectivity index (χ2v) is 15.0. The van der Waals surface area contributed by atoms with E-state index in [4.69, 9.17) is 18.9 Å². The molecule has 2 aromatic rings. The van der Waals surface area contributed by atoms with Crippen molar-refractivity contribution in [2.24, 2.45) is 5.92 Å². The van der Waals surface area contributed by atoms with E-state index < -0.39 is 23.2 Å². The number of amides is 3. The predicted molar refractivity (Wildman–Crippen MR) is 192 cm³/mol. The van der Waals surface area contributed by atoms with E-state index in [2.05, 4.69) is 10.6 Å². The van der Waals surface area contributed by atoms with E-state index in [1.165, 1.54) is 0 Å². The Labute approximate surface area is 297 Å². The van der Waals surface area contributed by atoms with Crippen LogP contribution in [0.3, 0.4) is 0 Å². The van der Waals surface area contributed by atoms with Gasteiger partial charge in [0.05, 0.1) is 25.9 Å². The van der Waals surface area contributed by atoms with Gasteiger partial charge in [0.15, 0.2) is 0 Å². The molecule has 0 spiro atoms. The Kier molecular flexibility index (Phi) is 15.1. The summed E-state index contributed by atoms with van der Waals surface area (Å²) in [5.41, 5.74) is 1.79. The molecule has 2 aromatic carbocycles. The molecular formula is C39H57N3O8. The van der Waals surface area contributed by atoms with Crippen LogP contribution < -0.4 is 15.4 Å². The fraction of sp³-hybridized carbons (Fsp3) is 0.590. The van der Waals surface area contributed by atoms with Crippen LogP contribution in [0.5, 0.6) is 5.75 Å². The van der Waals surface area contributed by atoms with E-state index in [0.717, 1.165) is 16.7 Å². The van der Waals surface area contributed by atoms with Gasteiger partial charge >= 0.3 is 12.1 Å². The van der Waals surface area contributed by atoms with Gasteiger partial charge in [-0.25, -0.2) is 4.79 Å². The minimum Gasteiger partial charge on any atom is -0.493 e. The summed E-state index contributed by atoms with van der Waals surface area (Å²) in [5, 5.41) is 5.94. The highest BCUT2D eigenvalue weighted by atomic mass is 16.6. The van der Waals surface area contributed by atoms with Crippen LogP contribution in [0.15, 0.2) is 48.5 Å².